The Morgan fingerprint density at radius 3 is 1.88 bits per heavy atom. The van der Waals surface area contributed by atoms with Crippen LogP contribution in [0.1, 0.15) is 131 Å². The maximum absolute atomic E-state index is 12.9. The molecular formula is C38H64N2O10. The van der Waals surface area contributed by atoms with Gasteiger partial charge in [0.05, 0.1) is 28.2 Å². The van der Waals surface area contributed by atoms with Crippen molar-refractivity contribution in [2.24, 2.45) is 39.4 Å². The molecule has 0 radical (unpaired) electrons. The first-order valence-corrected chi connectivity index (χ1v) is 18.9. The van der Waals surface area contributed by atoms with Gasteiger partial charge in [-0.2, -0.15) is 0 Å². The summed E-state index contributed by atoms with van der Waals surface area (Å²) in [5.41, 5.74) is -2.34. The number of carboxylic acids is 2. The number of amides is 1. The van der Waals surface area contributed by atoms with Crippen LogP contribution < -0.4 is 10.6 Å². The summed E-state index contributed by atoms with van der Waals surface area (Å²) in [4.78, 5) is 60.0. The maximum Gasteiger partial charge on any atom is 0.320 e. The first kappa shape index (κ1) is 41.7. The van der Waals surface area contributed by atoms with E-state index in [0.29, 0.717) is 43.4 Å². The molecule has 5 rings (SSSR count). The number of hydrogen-bond acceptors (Lipinski definition) is 9. The summed E-state index contributed by atoms with van der Waals surface area (Å²) in [5.74, 6) is -1.15. The molecule has 0 spiro atoms. The van der Waals surface area contributed by atoms with Crippen molar-refractivity contribution in [3.63, 3.8) is 0 Å². The maximum atomic E-state index is 12.9. The van der Waals surface area contributed by atoms with Gasteiger partial charge in [-0.05, 0) is 103 Å². The van der Waals surface area contributed by atoms with Crippen LogP contribution in [0.4, 0.5) is 0 Å². The molecule has 5 aliphatic rings. The molecule has 4 unspecified atom stereocenters. The molecular weight excluding hydrogens is 644 g/mol. The minimum atomic E-state index is -0.908. The average Bonchev–Trinajstić information content (AvgIpc) is 3.07. The van der Waals surface area contributed by atoms with E-state index in [9.17, 15) is 39.3 Å². The number of aliphatic carboxylic acids is 2. The molecule has 4 bridgehead atoms. The minimum absolute atomic E-state index is 0.0528. The summed E-state index contributed by atoms with van der Waals surface area (Å²) in [5, 5.41) is 34.9. The predicted octanol–water partition coefficient (Wildman–Crippen LogP) is 5.09. The van der Waals surface area contributed by atoms with Gasteiger partial charge in [0, 0.05) is 6.54 Å². The lowest BCUT2D eigenvalue weighted by Gasteiger charge is -2.59. The van der Waals surface area contributed by atoms with E-state index in [0.717, 1.165) is 44.9 Å². The largest absolute Gasteiger partial charge is 0.481 e. The van der Waals surface area contributed by atoms with E-state index >= 15 is 0 Å². The second-order valence-corrected chi connectivity index (χ2v) is 17.0. The highest BCUT2D eigenvalue weighted by Crippen LogP contribution is 2.65. The summed E-state index contributed by atoms with van der Waals surface area (Å²) in [6.45, 7) is 11.5. The number of carbonyl (C=O) groups excluding carboxylic acids is 3. The molecule has 0 aromatic rings. The molecule has 5 N–H and O–H groups in total. The van der Waals surface area contributed by atoms with Gasteiger partial charge in [-0.3, -0.25) is 24.0 Å². The Morgan fingerprint density at radius 2 is 1.36 bits per heavy atom. The smallest absolute Gasteiger partial charge is 0.320 e. The average molecular weight is 709 g/mol. The summed E-state index contributed by atoms with van der Waals surface area (Å²) in [6.07, 6.45) is 11.3. The Labute approximate surface area is 298 Å². The fourth-order valence-electron chi connectivity index (χ4n) is 8.49. The fraction of sp³-hybridized carbons (Fsp3) is 0.868. The molecule has 5 saturated carbocycles. The van der Waals surface area contributed by atoms with Crippen LogP contribution in [-0.2, 0) is 33.4 Å². The number of aliphatic hydroxyl groups excluding tert-OH is 1. The minimum Gasteiger partial charge on any atom is -0.481 e. The number of rotatable bonds is 17. The first-order valence-electron chi connectivity index (χ1n) is 18.9. The Kier molecular flexibility index (Phi) is 14.7. The summed E-state index contributed by atoms with van der Waals surface area (Å²) in [7, 11) is 0. The van der Waals surface area contributed by atoms with Crippen LogP contribution in [0.3, 0.4) is 0 Å². The van der Waals surface area contributed by atoms with E-state index in [-0.39, 0.29) is 44.1 Å². The third-order valence-corrected chi connectivity index (χ3v) is 12.1. The lowest BCUT2D eigenvalue weighted by Crippen LogP contribution is -2.59. The van der Waals surface area contributed by atoms with Gasteiger partial charge in [0.15, 0.2) is 0 Å². The summed E-state index contributed by atoms with van der Waals surface area (Å²) >= 11 is 0. The monoisotopic (exact) mass is 708 g/mol. The molecule has 50 heavy (non-hydrogen) atoms. The van der Waals surface area contributed by atoms with Crippen molar-refractivity contribution in [2.45, 2.75) is 144 Å². The third-order valence-electron chi connectivity index (χ3n) is 12.1. The van der Waals surface area contributed by atoms with Crippen molar-refractivity contribution in [1.29, 1.82) is 0 Å². The number of esters is 2. The molecule has 5 aliphatic carbocycles. The zero-order valence-corrected chi connectivity index (χ0v) is 31.3. The normalized spacial score (nSPS) is 27.3. The molecule has 0 aliphatic heterocycles. The Hall–Kier alpha value is -2.73. The number of hydrogen-bond donors (Lipinski definition) is 5. The second-order valence-electron chi connectivity index (χ2n) is 17.0. The quantitative estimate of drug-likeness (QED) is 0.1000. The van der Waals surface area contributed by atoms with Gasteiger partial charge in [0.25, 0.3) is 0 Å². The van der Waals surface area contributed by atoms with Crippen LogP contribution in [0.2, 0.25) is 0 Å². The zero-order valence-electron chi connectivity index (χ0n) is 31.3. The number of aliphatic hydroxyl groups is 1. The van der Waals surface area contributed by atoms with E-state index in [2.05, 4.69) is 10.6 Å². The second kappa shape index (κ2) is 17.7. The molecule has 12 heteroatoms. The molecule has 5 fully saturated rings. The van der Waals surface area contributed by atoms with Gasteiger partial charge in [-0.15, -0.1) is 0 Å². The van der Waals surface area contributed by atoms with Gasteiger partial charge in [-0.1, -0.05) is 46.0 Å². The van der Waals surface area contributed by atoms with Crippen molar-refractivity contribution in [1.82, 2.24) is 10.6 Å². The molecule has 0 saturated heterocycles. The lowest BCUT2D eigenvalue weighted by atomic mass is 9.44. The van der Waals surface area contributed by atoms with E-state index < -0.39 is 45.7 Å². The molecule has 0 heterocycles. The van der Waals surface area contributed by atoms with Crippen molar-refractivity contribution in [3.8, 4) is 0 Å². The Bertz CT molecular complexity index is 1180. The van der Waals surface area contributed by atoms with E-state index in [1.54, 1.807) is 13.8 Å². The molecule has 286 valence electrons. The van der Waals surface area contributed by atoms with E-state index in [1.165, 1.54) is 19.3 Å². The van der Waals surface area contributed by atoms with E-state index in [4.69, 9.17) is 9.47 Å². The standard InChI is InChI=1S/C20H31NO5.C18H33NO5/c1-4-18(2,3)17(25)26-6-5-21-15(22)19-8-13-7-14(9-19)11-20(10-13,12-19)16(23)24;1-4-18(2,3)17(23)24-12-14(20)11-19-15(16(21)22)10-13-8-6-5-7-9-13/h13-14H,4-12H2,1-3H3,(H,21,22)(H,23,24);13-15,19-20H,4-12H2,1-3H3,(H,21,22). The van der Waals surface area contributed by atoms with Crippen LogP contribution in [-0.4, -0.2) is 83.6 Å². The molecule has 0 aromatic heterocycles. The number of nitrogens with one attached hydrogen (secondary N) is 2. The Morgan fingerprint density at radius 1 is 0.820 bits per heavy atom. The topological polar surface area (TPSA) is 189 Å². The van der Waals surface area contributed by atoms with Crippen molar-refractivity contribution >= 4 is 29.8 Å². The van der Waals surface area contributed by atoms with Crippen LogP contribution in [0.15, 0.2) is 0 Å². The lowest BCUT2D eigenvalue weighted by molar-refractivity contribution is -0.179. The zero-order chi connectivity index (χ0) is 37.3. The van der Waals surface area contributed by atoms with Crippen molar-refractivity contribution in [3.05, 3.63) is 0 Å². The van der Waals surface area contributed by atoms with Gasteiger partial charge in [0.2, 0.25) is 5.91 Å². The number of carboxylic acid groups (broad SMARTS) is 2. The Balaban J connectivity index is 0.000000272. The van der Waals surface area contributed by atoms with Crippen LogP contribution in [0, 0.1) is 39.4 Å². The predicted molar refractivity (Wildman–Crippen MR) is 187 cm³/mol. The molecule has 0 aromatic carbocycles. The molecule has 12 nitrogen and oxygen atoms in total. The molecule has 4 atom stereocenters. The van der Waals surface area contributed by atoms with Crippen molar-refractivity contribution < 1.29 is 48.8 Å². The third kappa shape index (κ3) is 10.9. The summed E-state index contributed by atoms with van der Waals surface area (Å²) in [6, 6.07) is -0.662. The van der Waals surface area contributed by atoms with Crippen molar-refractivity contribution in [2.75, 3.05) is 26.3 Å². The SMILES string of the molecule is CCC(C)(C)C(=O)OCC(O)CNC(CC1CCCCC1)C(=O)O.CCC(C)(C)C(=O)OCCNC(=O)C12CC3CC(CC(C(=O)O)(C3)C1)C2. The highest BCUT2D eigenvalue weighted by molar-refractivity contribution is 5.86. The van der Waals surface area contributed by atoms with E-state index in [1.807, 2.05) is 27.7 Å². The highest BCUT2D eigenvalue weighted by Gasteiger charge is 2.63. The van der Waals surface area contributed by atoms with Gasteiger partial charge < -0.3 is 35.4 Å². The number of ether oxygens (including phenoxy) is 2. The van der Waals surface area contributed by atoms with Gasteiger partial charge in [0.1, 0.15) is 25.4 Å². The van der Waals surface area contributed by atoms with Crippen LogP contribution >= 0.6 is 0 Å². The van der Waals surface area contributed by atoms with Crippen LogP contribution in [0.5, 0.6) is 0 Å². The van der Waals surface area contributed by atoms with Crippen LogP contribution in [0.25, 0.3) is 0 Å². The first-order chi connectivity index (χ1) is 23.4. The highest BCUT2D eigenvalue weighted by atomic mass is 16.5. The molecule has 1 amide bonds. The number of carbonyl (C=O) groups is 5. The fourth-order valence-corrected chi connectivity index (χ4v) is 8.49. The van der Waals surface area contributed by atoms with Gasteiger partial charge >= 0.3 is 23.9 Å². The van der Waals surface area contributed by atoms with Gasteiger partial charge in [-0.25, -0.2) is 0 Å². The summed E-state index contributed by atoms with van der Waals surface area (Å²) < 4.78 is 10.4.